The maximum absolute atomic E-state index is 10.1. The van der Waals surface area contributed by atoms with E-state index in [4.69, 9.17) is 18.9 Å². The second kappa shape index (κ2) is 21.6. The van der Waals surface area contributed by atoms with Gasteiger partial charge in [-0.15, -0.1) is 0 Å². The zero-order valence-electron chi connectivity index (χ0n) is 20.7. The van der Waals surface area contributed by atoms with Crippen LogP contribution in [-0.4, -0.2) is 57.1 Å². The molecule has 31 heavy (non-hydrogen) atoms. The van der Waals surface area contributed by atoms with Gasteiger partial charge in [0.1, 0.15) is 6.10 Å². The summed E-state index contributed by atoms with van der Waals surface area (Å²) < 4.78 is 22.4. The average Bonchev–Trinajstić information content (AvgIpc) is 2.80. The van der Waals surface area contributed by atoms with E-state index in [-0.39, 0.29) is 18.5 Å². The van der Waals surface area contributed by atoms with Crippen LogP contribution in [0.25, 0.3) is 0 Å². The predicted molar refractivity (Wildman–Crippen MR) is 127 cm³/mol. The predicted octanol–water partition coefficient (Wildman–Crippen LogP) is 6.40. The van der Waals surface area contributed by atoms with Gasteiger partial charge in [0.2, 0.25) is 0 Å². The molecule has 0 bridgehead atoms. The number of ether oxygens (including phenoxy) is 4. The minimum atomic E-state index is -0.382. The van der Waals surface area contributed by atoms with Crippen molar-refractivity contribution in [1.29, 1.82) is 0 Å². The molecule has 1 aliphatic heterocycles. The summed E-state index contributed by atoms with van der Waals surface area (Å²) in [4.78, 5) is 0. The molecule has 1 heterocycles. The SMILES string of the molecule is CCCCCCCCCCCCCCCC(O)COCC(COC1CCCCO1)OC. The maximum Gasteiger partial charge on any atom is 0.157 e. The molecule has 3 unspecified atom stereocenters. The molecule has 1 saturated heterocycles. The lowest BCUT2D eigenvalue weighted by Crippen LogP contribution is -2.31. The smallest absolute Gasteiger partial charge is 0.157 e. The van der Waals surface area contributed by atoms with Crippen LogP contribution in [0.1, 0.15) is 116 Å². The van der Waals surface area contributed by atoms with Crippen molar-refractivity contribution in [3.05, 3.63) is 0 Å². The van der Waals surface area contributed by atoms with Crippen molar-refractivity contribution in [1.82, 2.24) is 0 Å². The van der Waals surface area contributed by atoms with Gasteiger partial charge in [0.05, 0.1) is 25.9 Å². The highest BCUT2D eigenvalue weighted by atomic mass is 16.7. The first kappa shape index (κ1) is 28.8. The molecule has 5 heteroatoms. The summed E-state index contributed by atoms with van der Waals surface area (Å²) in [7, 11) is 1.67. The van der Waals surface area contributed by atoms with Crippen LogP contribution in [0, 0.1) is 0 Å². The van der Waals surface area contributed by atoms with Crippen LogP contribution < -0.4 is 0 Å². The molecule has 0 amide bonds. The van der Waals surface area contributed by atoms with Crippen LogP contribution in [0.4, 0.5) is 0 Å². The maximum atomic E-state index is 10.1. The van der Waals surface area contributed by atoms with Gasteiger partial charge in [-0.25, -0.2) is 0 Å². The van der Waals surface area contributed by atoms with Crippen molar-refractivity contribution in [2.24, 2.45) is 0 Å². The number of hydrogen-bond acceptors (Lipinski definition) is 5. The summed E-state index contributed by atoms with van der Waals surface area (Å²) in [5.74, 6) is 0. The van der Waals surface area contributed by atoms with Gasteiger partial charge in [0.15, 0.2) is 6.29 Å². The summed E-state index contributed by atoms with van der Waals surface area (Å²) >= 11 is 0. The number of methoxy groups -OCH3 is 1. The number of unbranched alkanes of at least 4 members (excludes halogenated alkanes) is 12. The Morgan fingerprint density at radius 3 is 1.97 bits per heavy atom. The monoisotopic (exact) mass is 444 g/mol. The molecule has 1 aliphatic rings. The molecule has 0 radical (unpaired) electrons. The third kappa shape index (κ3) is 18.0. The molecular weight excluding hydrogens is 392 g/mol. The number of aliphatic hydroxyl groups excluding tert-OH is 1. The summed E-state index contributed by atoms with van der Waals surface area (Å²) in [6, 6.07) is 0. The van der Waals surface area contributed by atoms with Gasteiger partial charge in [-0.05, 0) is 25.7 Å². The Morgan fingerprint density at radius 1 is 0.806 bits per heavy atom. The van der Waals surface area contributed by atoms with Gasteiger partial charge in [-0.3, -0.25) is 0 Å². The zero-order chi connectivity index (χ0) is 22.4. The lowest BCUT2D eigenvalue weighted by molar-refractivity contribution is -0.182. The summed E-state index contributed by atoms with van der Waals surface area (Å²) in [6.45, 7) is 4.34. The highest BCUT2D eigenvalue weighted by Gasteiger charge is 2.17. The standard InChI is InChI=1S/C26H52O5/c1-3-4-5-6-7-8-9-10-11-12-13-14-15-18-24(27)21-29-22-25(28-2)23-31-26-19-16-17-20-30-26/h24-27H,3-23H2,1-2H3. The minimum absolute atomic E-state index is 0.104. The van der Waals surface area contributed by atoms with Gasteiger partial charge in [-0.2, -0.15) is 0 Å². The van der Waals surface area contributed by atoms with Crippen molar-refractivity contribution in [3.8, 4) is 0 Å². The number of aliphatic hydroxyl groups is 1. The van der Waals surface area contributed by atoms with Crippen molar-refractivity contribution in [2.75, 3.05) is 33.5 Å². The fourth-order valence-corrected chi connectivity index (χ4v) is 4.06. The lowest BCUT2D eigenvalue weighted by atomic mass is 10.0. The van der Waals surface area contributed by atoms with E-state index < -0.39 is 0 Å². The van der Waals surface area contributed by atoms with E-state index in [0.29, 0.717) is 19.8 Å². The lowest BCUT2D eigenvalue weighted by Gasteiger charge is -2.25. The Morgan fingerprint density at radius 2 is 1.42 bits per heavy atom. The van der Waals surface area contributed by atoms with Crippen molar-refractivity contribution in [3.63, 3.8) is 0 Å². The molecule has 0 aromatic heterocycles. The van der Waals surface area contributed by atoms with Crippen LogP contribution >= 0.6 is 0 Å². The van der Waals surface area contributed by atoms with E-state index >= 15 is 0 Å². The quantitative estimate of drug-likeness (QED) is 0.196. The van der Waals surface area contributed by atoms with E-state index in [9.17, 15) is 5.11 Å². The third-order valence-corrected chi connectivity index (χ3v) is 6.19. The van der Waals surface area contributed by atoms with E-state index in [1.165, 1.54) is 77.0 Å². The molecule has 0 saturated carbocycles. The van der Waals surface area contributed by atoms with Crippen LogP contribution in [0.5, 0.6) is 0 Å². The Balaban J connectivity index is 1.84. The third-order valence-electron chi connectivity index (χ3n) is 6.19. The molecule has 0 aromatic rings. The van der Waals surface area contributed by atoms with Crippen molar-refractivity contribution >= 4 is 0 Å². The van der Waals surface area contributed by atoms with Gasteiger partial charge < -0.3 is 24.1 Å². The summed E-state index contributed by atoms with van der Waals surface area (Å²) in [5, 5.41) is 10.1. The Kier molecular flexibility index (Phi) is 20.1. The van der Waals surface area contributed by atoms with Crippen molar-refractivity contribution in [2.45, 2.75) is 135 Å². The molecule has 186 valence electrons. The largest absolute Gasteiger partial charge is 0.391 e. The topological polar surface area (TPSA) is 57.2 Å². The minimum Gasteiger partial charge on any atom is -0.391 e. The molecular formula is C26H52O5. The first-order valence-electron chi connectivity index (χ1n) is 13.3. The highest BCUT2D eigenvalue weighted by Crippen LogP contribution is 2.15. The van der Waals surface area contributed by atoms with Gasteiger partial charge in [0, 0.05) is 13.7 Å². The second-order valence-corrected chi connectivity index (χ2v) is 9.21. The van der Waals surface area contributed by atoms with E-state index in [2.05, 4.69) is 6.92 Å². The second-order valence-electron chi connectivity index (χ2n) is 9.21. The zero-order valence-corrected chi connectivity index (χ0v) is 20.7. The van der Waals surface area contributed by atoms with Crippen LogP contribution in [0.3, 0.4) is 0 Å². The van der Waals surface area contributed by atoms with Crippen molar-refractivity contribution < 1.29 is 24.1 Å². The Labute approximate surface area is 192 Å². The normalized spacial score (nSPS) is 18.9. The summed E-state index contributed by atoms with van der Waals surface area (Å²) in [6.07, 6.45) is 21.0. The Bertz CT molecular complexity index is 360. The van der Waals surface area contributed by atoms with Crippen LogP contribution in [-0.2, 0) is 18.9 Å². The molecule has 0 aliphatic carbocycles. The number of hydrogen-bond donors (Lipinski definition) is 1. The molecule has 0 aromatic carbocycles. The molecule has 1 rings (SSSR count). The van der Waals surface area contributed by atoms with Gasteiger partial charge in [-0.1, -0.05) is 90.4 Å². The highest BCUT2D eigenvalue weighted by molar-refractivity contribution is 4.61. The number of rotatable bonds is 22. The van der Waals surface area contributed by atoms with Gasteiger partial charge in [0.25, 0.3) is 0 Å². The molecule has 0 spiro atoms. The fourth-order valence-electron chi connectivity index (χ4n) is 4.06. The molecule has 1 N–H and O–H groups in total. The molecule has 5 nitrogen and oxygen atoms in total. The average molecular weight is 445 g/mol. The van der Waals surface area contributed by atoms with E-state index in [0.717, 1.165) is 38.7 Å². The van der Waals surface area contributed by atoms with E-state index in [1.807, 2.05) is 0 Å². The first-order valence-corrected chi connectivity index (χ1v) is 13.3. The van der Waals surface area contributed by atoms with Crippen LogP contribution in [0.15, 0.2) is 0 Å². The van der Waals surface area contributed by atoms with Gasteiger partial charge >= 0.3 is 0 Å². The molecule has 1 fully saturated rings. The van der Waals surface area contributed by atoms with E-state index in [1.54, 1.807) is 7.11 Å². The molecule has 3 atom stereocenters. The van der Waals surface area contributed by atoms with Crippen LogP contribution in [0.2, 0.25) is 0 Å². The fraction of sp³-hybridized carbons (Fsp3) is 1.00. The first-order chi connectivity index (χ1) is 15.3. The summed E-state index contributed by atoms with van der Waals surface area (Å²) in [5.41, 5.74) is 0. The Hall–Kier alpha value is -0.200.